The minimum atomic E-state index is -4.73. The lowest BCUT2D eigenvalue weighted by Crippen LogP contribution is -2.30. The van der Waals surface area contributed by atoms with Gasteiger partial charge in [0.25, 0.3) is 0 Å². The lowest BCUT2D eigenvalue weighted by molar-refractivity contribution is -0.161. The van der Waals surface area contributed by atoms with E-state index in [-0.39, 0.29) is 25.9 Å². The molecule has 0 aliphatic carbocycles. The molecule has 0 fully saturated rings. The number of allylic oxidation sites excluding steroid dienone is 4. The molecule has 0 rings (SSSR count). The zero-order valence-corrected chi connectivity index (χ0v) is 45.0. The zero-order valence-electron chi connectivity index (χ0n) is 44.1. The van der Waals surface area contributed by atoms with Crippen molar-refractivity contribution < 1.29 is 52.2 Å². The molecule has 0 amide bonds. The Morgan fingerprint density at radius 2 is 0.721 bits per heavy atom. The molecule has 3 unspecified atom stereocenters. The summed E-state index contributed by atoms with van der Waals surface area (Å²) in [6.45, 7) is 4.63. The van der Waals surface area contributed by atoms with Gasteiger partial charge in [-0.05, 0) is 51.4 Å². The Morgan fingerprint density at radius 1 is 0.412 bits per heavy atom. The molecule has 400 valence electrons. The van der Waals surface area contributed by atoms with E-state index in [4.69, 9.17) is 23.3 Å². The second-order valence-electron chi connectivity index (χ2n) is 19.1. The molecule has 0 radical (unpaired) electrons. The summed E-state index contributed by atoms with van der Waals surface area (Å²) in [6, 6.07) is 0. The van der Waals surface area contributed by atoms with Crippen molar-refractivity contribution in [1.82, 2.24) is 0 Å². The lowest BCUT2D eigenvalue weighted by Gasteiger charge is -2.21. The van der Waals surface area contributed by atoms with Crippen molar-refractivity contribution in [3.63, 3.8) is 0 Å². The van der Waals surface area contributed by atoms with Crippen molar-refractivity contribution in [2.45, 2.75) is 290 Å². The van der Waals surface area contributed by atoms with Gasteiger partial charge in [-0.25, -0.2) is 4.57 Å². The maximum atomic E-state index is 12.9. The summed E-state index contributed by atoms with van der Waals surface area (Å²) in [5.41, 5.74) is 0. The number of carbonyl (C=O) groups excluding carboxylic acids is 3. The Balaban J connectivity index is 4.67. The number of hydrogen-bond acceptors (Lipinski definition) is 10. The highest BCUT2D eigenvalue weighted by molar-refractivity contribution is 7.47. The van der Waals surface area contributed by atoms with Gasteiger partial charge in [0, 0.05) is 19.3 Å². The molecule has 2 N–H and O–H groups in total. The second-order valence-corrected chi connectivity index (χ2v) is 20.6. The number of phosphoric ester groups is 1. The number of unbranched alkanes of at least 4 members (excludes halogenated alkanes) is 32. The third-order valence-corrected chi connectivity index (χ3v) is 13.3. The molecule has 68 heavy (non-hydrogen) atoms. The van der Waals surface area contributed by atoms with Crippen LogP contribution in [0.1, 0.15) is 278 Å². The molecule has 0 saturated carbocycles. The first-order valence-electron chi connectivity index (χ1n) is 28.2. The molecule has 3 atom stereocenters. The van der Waals surface area contributed by atoms with Crippen molar-refractivity contribution in [1.29, 1.82) is 0 Å². The maximum absolute atomic E-state index is 12.9. The predicted molar refractivity (Wildman–Crippen MR) is 280 cm³/mol. The first-order chi connectivity index (χ1) is 33.2. The molecule has 12 heteroatoms. The van der Waals surface area contributed by atoms with Gasteiger partial charge in [0.2, 0.25) is 0 Å². The summed E-state index contributed by atoms with van der Waals surface area (Å²) in [5, 5.41) is 9.78. The monoisotopic (exact) mass is 985 g/mol. The predicted octanol–water partition coefficient (Wildman–Crippen LogP) is 16.3. The average Bonchev–Trinajstić information content (AvgIpc) is 3.32. The van der Waals surface area contributed by atoms with Crippen LogP contribution in [-0.2, 0) is 42.2 Å². The van der Waals surface area contributed by atoms with Gasteiger partial charge in [-0.3, -0.25) is 23.4 Å². The van der Waals surface area contributed by atoms with Crippen LogP contribution in [0.4, 0.5) is 0 Å². The molecule has 0 spiro atoms. The number of ether oxygens (including phenoxy) is 3. The average molecular weight is 985 g/mol. The number of aliphatic hydroxyl groups is 1. The van der Waals surface area contributed by atoms with Crippen LogP contribution in [0, 0.1) is 0 Å². The van der Waals surface area contributed by atoms with E-state index >= 15 is 0 Å². The third kappa shape index (κ3) is 49.0. The van der Waals surface area contributed by atoms with Gasteiger partial charge >= 0.3 is 25.7 Å². The number of aliphatic hydroxyl groups excluding tert-OH is 1. The fourth-order valence-corrected chi connectivity index (χ4v) is 8.82. The maximum Gasteiger partial charge on any atom is 0.472 e. The molecule has 0 heterocycles. The van der Waals surface area contributed by atoms with E-state index in [1.807, 2.05) is 0 Å². The molecule has 0 saturated heterocycles. The van der Waals surface area contributed by atoms with E-state index < -0.39 is 57.8 Å². The normalized spacial score (nSPS) is 13.5. The van der Waals surface area contributed by atoms with Gasteiger partial charge in [0.05, 0.1) is 19.8 Å². The van der Waals surface area contributed by atoms with Crippen molar-refractivity contribution in [3.8, 4) is 0 Å². The summed E-state index contributed by atoms with van der Waals surface area (Å²) in [5.74, 6) is -1.45. The van der Waals surface area contributed by atoms with E-state index in [2.05, 4.69) is 45.1 Å². The minimum absolute atomic E-state index is 0.168. The van der Waals surface area contributed by atoms with Crippen LogP contribution in [0.3, 0.4) is 0 Å². The van der Waals surface area contributed by atoms with Crippen molar-refractivity contribution in [2.24, 2.45) is 0 Å². The topological polar surface area (TPSA) is 155 Å². The minimum Gasteiger partial charge on any atom is -0.462 e. The van der Waals surface area contributed by atoms with Crippen LogP contribution in [-0.4, -0.2) is 66.5 Å². The number of carbonyl (C=O) groups is 3. The number of hydrogen-bond donors (Lipinski definition) is 2. The van der Waals surface area contributed by atoms with Crippen LogP contribution in [0.2, 0.25) is 0 Å². The Hall–Kier alpha value is -2.04. The zero-order chi connectivity index (χ0) is 49.9. The molecular weight excluding hydrogens is 880 g/mol. The summed E-state index contributed by atoms with van der Waals surface area (Å²) in [4.78, 5) is 48.4. The van der Waals surface area contributed by atoms with Crippen molar-refractivity contribution >= 4 is 25.7 Å². The Labute approximate surface area is 417 Å². The van der Waals surface area contributed by atoms with Gasteiger partial charge in [-0.15, -0.1) is 0 Å². The van der Waals surface area contributed by atoms with Crippen LogP contribution in [0.15, 0.2) is 24.3 Å². The first-order valence-corrected chi connectivity index (χ1v) is 29.7. The Morgan fingerprint density at radius 3 is 1.12 bits per heavy atom. The van der Waals surface area contributed by atoms with Crippen LogP contribution < -0.4 is 0 Å². The van der Waals surface area contributed by atoms with E-state index in [9.17, 15) is 28.9 Å². The third-order valence-electron chi connectivity index (χ3n) is 12.4. The fraction of sp³-hybridized carbons (Fsp3) is 0.875. The van der Waals surface area contributed by atoms with Gasteiger partial charge in [-0.1, -0.05) is 231 Å². The van der Waals surface area contributed by atoms with Gasteiger partial charge in [0.1, 0.15) is 12.7 Å². The molecule has 0 aromatic heterocycles. The van der Waals surface area contributed by atoms with E-state index in [1.54, 1.807) is 0 Å². The Kier molecular flexibility index (Phi) is 49.8. The number of esters is 3. The summed E-state index contributed by atoms with van der Waals surface area (Å²) >= 11 is 0. The van der Waals surface area contributed by atoms with Crippen LogP contribution in [0.25, 0.3) is 0 Å². The van der Waals surface area contributed by atoms with E-state index in [0.29, 0.717) is 19.3 Å². The molecule has 0 aromatic carbocycles. The summed E-state index contributed by atoms with van der Waals surface area (Å²) in [7, 11) is -4.73. The van der Waals surface area contributed by atoms with Crippen molar-refractivity contribution in [3.05, 3.63) is 24.3 Å². The van der Waals surface area contributed by atoms with Crippen LogP contribution >= 0.6 is 7.82 Å². The second kappa shape index (κ2) is 51.3. The summed E-state index contributed by atoms with van der Waals surface area (Å²) in [6.07, 6.45) is 49.9. The van der Waals surface area contributed by atoms with E-state index in [1.165, 1.54) is 148 Å². The van der Waals surface area contributed by atoms with Gasteiger partial charge < -0.3 is 24.2 Å². The highest BCUT2D eigenvalue weighted by atomic mass is 31.2. The smallest absolute Gasteiger partial charge is 0.462 e. The standard InChI is InChI=1S/C56H105O11P/c1-4-7-10-13-16-19-22-23-24-25-26-27-28-29-32-35-38-41-44-47-56(60)67-53(49-63-54(58)45-42-39-36-33-30-20-17-14-11-8-5-2)51-65-68(61,62)64-50-52(48-57)66-55(59)46-43-40-37-34-31-21-18-15-12-9-6-3/h16,19,23-24,52-53,57H,4-15,17-18,20-22,25-51H2,1-3H3,(H,61,62)/b19-16-,24-23-. The number of phosphoric acid groups is 1. The summed E-state index contributed by atoms with van der Waals surface area (Å²) < 4.78 is 39.4. The fourth-order valence-electron chi connectivity index (χ4n) is 8.03. The van der Waals surface area contributed by atoms with Gasteiger partial charge in [0.15, 0.2) is 6.10 Å². The first kappa shape index (κ1) is 66.0. The Bertz CT molecular complexity index is 1240. The SMILES string of the molecule is CCCCC/C=C\C/C=C\CCCCCCCCCCCC(=O)OC(COC(=O)CCCCCCCCCCCCC)COP(=O)(O)OCC(CO)OC(=O)CCCCCCCCCCCCC. The lowest BCUT2D eigenvalue weighted by atomic mass is 10.1. The van der Waals surface area contributed by atoms with Gasteiger partial charge in [-0.2, -0.15) is 0 Å². The quantitative estimate of drug-likeness (QED) is 0.0197. The highest BCUT2D eigenvalue weighted by Gasteiger charge is 2.28. The van der Waals surface area contributed by atoms with Crippen molar-refractivity contribution in [2.75, 3.05) is 26.4 Å². The van der Waals surface area contributed by atoms with Crippen LogP contribution in [0.5, 0.6) is 0 Å². The molecule has 11 nitrogen and oxygen atoms in total. The molecule has 0 aromatic rings. The molecule has 0 bridgehead atoms. The van der Waals surface area contributed by atoms with E-state index in [0.717, 1.165) is 70.6 Å². The molecule has 0 aliphatic rings. The molecular formula is C56H105O11P. The molecule has 0 aliphatic heterocycles. The number of rotatable bonds is 53. The largest absolute Gasteiger partial charge is 0.472 e. The highest BCUT2D eigenvalue weighted by Crippen LogP contribution is 2.43.